The zero-order valence-electron chi connectivity index (χ0n) is 18.8. The second-order valence-electron chi connectivity index (χ2n) is 8.42. The van der Waals surface area contributed by atoms with Gasteiger partial charge in [-0.05, 0) is 37.3 Å². The first-order valence-corrected chi connectivity index (χ1v) is 11.2. The second-order valence-corrected chi connectivity index (χ2v) is 8.42. The molecule has 0 aromatic heterocycles. The van der Waals surface area contributed by atoms with Gasteiger partial charge >= 0.3 is 5.97 Å². The van der Waals surface area contributed by atoms with Crippen molar-refractivity contribution in [3.8, 4) is 5.75 Å². The lowest BCUT2D eigenvalue weighted by Gasteiger charge is -2.38. The van der Waals surface area contributed by atoms with Crippen LogP contribution in [0.3, 0.4) is 0 Å². The van der Waals surface area contributed by atoms with Crippen molar-refractivity contribution in [2.45, 2.75) is 44.9 Å². The Morgan fingerprint density at radius 2 is 1.75 bits per heavy atom. The molecule has 0 radical (unpaired) electrons. The van der Waals surface area contributed by atoms with Gasteiger partial charge in [0.05, 0.1) is 25.2 Å². The summed E-state index contributed by atoms with van der Waals surface area (Å²) in [4.78, 5) is 31.2. The third-order valence-electron chi connectivity index (χ3n) is 6.35. The van der Waals surface area contributed by atoms with Gasteiger partial charge in [-0.2, -0.15) is 0 Å². The van der Waals surface area contributed by atoms with E-state index in [-0.39, 0.29) is 11.7 Å². The minimum absolute atomic E-state index is 0.0958. The molecule has 1 aliphatic carbocycles. The zero-order chi connectivity index (χ0) is 22.7. The topological polar surface area (TPSA) is 65.0 Å². The SMILES string of the molecule is CCCOc1ccccc1[C@@H]1C(C(=O)OC)=C(C)N=C2C[C@H](c3ccccc3)CC(=O)C21. The number of nitrogens with zero attached hydrogens (tertiary/aromatic N) is 1. The third-order valence-corrected chi connectivity index (χ3v) is 6.35. The fourth-order valence-corrected chi connectivity index (χ4v) is 4.93. The number of fused-ring (bicyclic) bond motifs is 1. The quantitative estimate of drug-likeness (QED) is 0.588. The number of esters is 1. The highest BCUT2D eigenvalue weighted by Crippen LogP contribution is 2.47. The number of benzene rings is 2. The van der Waals surface area contributed by atoms with E-state index >= 15 is 0 Å². The minimum atomic E-state index is -0.487. The number of carbonyl (C=O) groups is 2. The Hall–Kier alpha value is -3.21. The normalized spacial score (nSPS) is 22.8. The van der Waals surface area contributed by atoms with Crippen LogP contribution in [-0.4, -0.2) is 31.2 Å². The van der Waals surface area contributed by atoms with E-state index < -0.39 is 17.8 Å². The molecule has 1 saturated carbocycles. The average molecular weight is 432 g/mol. The van der Waals surface area contributed by atoms with Crippen molar-refractivity contribution in [2.24, 2.45) is 10.9 Å². The van der Waals surface area contributed by atoms with E-state index in [0.29, 0.717) is 36.5 Å². The van der Waals surface area contributed by atoms with Crippen molar-refractivity contribution in [1.82, 2.24) is 0 Å². The fourth-order valence-electron chi connectivity index (χ4n) is 4.93. The van der Waals surface area contributed by atoms with Crippen molar-refractivity contribution in [1.29, 1.82) is 0 Å². The van der Waals surface area contributed by atoms with Gasteiger partial charge in [0.15, 0.2) is 0 Å². The molecule has 32 heavy (non-hydrogen) atoms. The second kappa shape index (κ2) is 9.51. The van der Waals surface area contributed by atoms with Crippen LogP contribution in [0.1, 0.15) is 56.1 Å². The van der Waals surface area contributed by atoms with Crippen LogP contribution in [0.4, 0.5) is 0 Å². The average Bonchev–Trinajstić information content (AvgIpc) is 2.82. The Bertz CT molecular complexity index is 1070. The molecular weight excluding hydrogens is 402 g/mol. The lowest BCUT2D eigenvalue weighted by molar-refractivity contribution is -0.136. The summed E-state index contributed by atoms with van der Waals surface area (Å²) in [6.07, 6.45) is 1.99. The molecule has 5 heteroatoms. The highest BCUT2D eigenvalue weighted by atomic mass is 16.5. The van der Waals surface area contributed by atoms with Gasteiger partial charge in [-0.1, -0.05) is 55.5 Å². The summed E-state index contributed by atoms with van der Waals surface area (Å²) < 4.78 is 11.1. The maximum absolute atomic E-state index is 13.6. The van der Waals surface area contributed by atoms with Gasteiger partial charge in [-0.15, -0.1) is 0 Å². The summed E-state index contributed by atoms with van der Waals surface area (Å²) in [6.45, 7) is 4.44. The number of carbonyl (C=O) groups excluding carboxylic acids is 2. The Balaban J connectivity index is 1.81. The Kier molecular flexibility index (Phi) is 6.54. The van der Waals surface area contributed by atoms with Gasteiger partial charge in [0, 0.05) is 29.3 Å². The third kappa shape index (κ3) is 4.12. The number of ketones is 1. The summed E-state index contributed by atoms with van der Waals surface area (Å²) >= 11 is 0. The number of aliphatic imine (C=N–C) groups is 1. The van der Waals surface area contributed by atoms with E-state index in [1.165, 1.54) is 7.11 Å². The number of ether oxygens (including phenoxy) is 2. The highest BCUT2D eigenvalue weighted by molar-refractivity contribution is 6.12. The molecule has 0 spiro atoms. The van der Waals surface area contributed by atoms with Crippen LogP contribution < -0.4 is 4.74 Å². The number of Topliss-reactive ketones (excluding diaryl/α,β-unsaturated/α-hetero) is 1. The standard InChI is InChI=1S/C27H29NO4/c1-4-14-32-23-13-9-8-12-20(23)25-24(27(30)31-3)17(2)28-21-15-19(16-22(29)26(21)25)18-10-6-5-7-11-18/h5-13,19,25-26H,4,14-16H2,1-3H3/t19-,25+,26?/m0/s1. The molecule has 0 bridgehead atoms. The van der Waals surface area contributed by atoms with Crippen LogP contribution in [0.5, 0.6) is 5.75 Å². The van der Waals surface area contributed by atoms with Gasteiger partial charge in [0.2, 0.25) is 0 Å². The van der Waals surface area contributed by atoms with E-state index in [0.717, 1.165) is 23.3 Å². The first kappa shape index (κ1) is 22.0. The smallest absolute Gasteiger partial charge is 0.336 e. The number of hydrogen-bond donors (Lipinski definition) is 0. The molecule has 166 valence electrons. The van der Waals surface area contributed by atoms with Crippen LogP contribution in [-0.2, 0) is 14.3 Å². The van der Waals surface area contributed by atoms with Crippen molar-refractivity contribution in [2.75, 3.05) is 13.7 Å². The largest absolute Gasteiger partial charge is 0.493 e. The monoisotopic (exact) mass is 431 g/mol. The highest BCUT2D eigenvalue weighted by Gasteiger charge is 2.46. The molecule has 5 nitrogen and oxygen atoms in total. The molecule has 0 amide bonds. The van der Waals surface area contributed by atoms with Crippen molar-refractivity contribution < 1.29 is 19.1 Å². The lowest BCUT2D eigenvalue weighted by Crippen LogP contribution is -2.41. The molecule has 0 N–H and O–H groups in total. The van der Waals surface area contributed by atoms with Crippen LogP contribution in [0.25, 0.3) is 0 Å². The fraction of sp³-hybridized carbons (Fsp3) is 0.370. The summed E-state index contributed by atoms with van der Waals surface area (Å²) in [6, 6.07) is 17.8. The van der Waals surface area contributed by atoms with Crippen LogP contribution >= 0.6 is 0 Å². The van der Waals surface area contributed by atoms with Crippen molar-refractivity contribution in [3.63, 3.8) is 0 Å². The predicted octanol–water partition coefficient (Wildman–Crippen LogP) is 5.22. The van der Waals surface area contributed by atoms with Crippen LogP contribution in [0.2, 0.25) is 0 Å². The Morgan fingerprint density at radius 1 is 1.03 bits per heavy atom. The summed E-state index contributed by atoms with van der Waals surface area (Å²) in [5.41, 5.74) is 3.88. The summed E-state index contributed by atoms with van der Waals surface area (Å²) in [5, 5.41) is 0. The molecule has 1 aliphatic heterocycles. The summed E-state index contributed by atoms with van der Waals surface area (Å²) in [5.74, 6) is -0.496. The Morgan fingerprint density at radius 3 is 2.47 bits per heavy atom. The van der Waals surface area contributed by atoms with Crippen molar-refractivity contribution in [3.05, 3.63) is 77.0 Å². The maximum Gasteiger partial charge on any atom is 0.336 e. The maximum atomic E-state index is 13.6. The number of hydrogen-bond acceptors (Lipinski definition) is 5. The van der Waals surface area contributed by atoms with E-state index in [9.17, 15) is 9.59 Å². The summed E-state index contributed by atoms with van der Waals surface area (Å²) in [7, 11) is 1.37. The molecule has 1 heterocycles. The molecular formula is C27H29NO4. The zero-order valence-corrected chi connectivity index (χ0v) is 18.8. The molecule has 2 aromatic rings. The van der Waals surface area contributed by atoms with Gasteiger partial charge in [-0.3, -0.25) is 9.79 Å². The molecule has 1 fully saturated rings. The minimum Gasteiger partial charge on any atom is -0.493 e. The number of methoxy groups -OCH3 is 1. The molecule has 2 aromatic carbocycles. The number of rotatable bonds is 6. The first-order valence-electron chi connectivity index (χ1n) is 11.2. The molecule has 1 unspecified atom stereocenters. The number of allylic oxidation sites excluding steroid dienone is 1. The van der Waals surface area contributed by atoms with Gasteiger partial charge in [-0.25, -0.2) is 4.79 Å². The van der Waals surface area contributed by atoms with E-state index in [1.54, 1.807) is 0 Å². The van der Waals surface area contributed by atoms with E-state index in [4.69, 9.17) is 14.5 Å². The first-order chi connectivity index (χ1) is 15.5. The lowest BCUT2D eigenvalue weighted by atomic mass is 9.66. The molecule has 2 aliphatic rings. The molecule has 3 atom stereocenters. The van der Waals surface area contributed by atoms with Gasteiger partial charge in [0.1, 0.15) is 11.5 Å². The van der Waals surface area contributed by atoms with Gasteiger partial charge < -0.3 is 9.47 Å². The number of para-hydroxylation sites is 1. The van der Waals surface area contributed by atoms with Crippen LogP contribution in [0.15, 0.2) is 70.9 Å². The Labute approximate surface area is 189 Å². The molecule has 4 rings (SSSR count). The van der Waals surface area contributed by atoms with E-state index in [1.807, 2.05) is 56.3 Å². The molecule has 0 saturated heterocycles. The van der Waals surface area contributed by atoms with Crippen LogP contribution in [0, 0.1) is 5.92 Å². The van der Waals surface area contributed by atoms with Gasteiger partial charge in [0.25, 0.3) is 0 Å². The van der Waals surface area contributed by atoms with Crippen molar-refractivity contribution >= 4 is 17.5 Å². The van der Waals surface area contributed by atoms with E-state index in [2.05, 4.69) is 12.1 Å². The predicted molar refractivity (Wildman–Crippen MR) is 124 cm³/mol.